The van der Waals surface area contributed by atoms with Crippen molar-refractivity contribution in [3.8, 4) is 0 Å². The summed E-state index contributed by atoms with van der Waals surface area (Å²) in [6.07, 6.45) is 6.16. The van der Waals surface area contributed by atoms with Gasteiger partial charge in [0.2, 0.25) is 0 Å². The van der Waals surface area contributed by atoms with Gasteiger partial charge in [0.1, 0.15) is 0 Å². The first kappa shape index (κ1) is 13.8. The minimum absolute atomic E-state index is 0.469. The maximum absolute atomic E-state index is 5.53. The van der Waals surface area contributed by atoms with Crippen molar-refractivity contribution in [2.45, 2.75) is 64.6 Å². The van der Waals surface area contributed by atoms with Crippen LogP contribution in [0.2, 0.25) is 0 Å². The molecular formula is C16H30N2O. The molecule has 2 atom stereocenters. The van der Waals surface area contributed by atoms with Gasteiger partial charge in [0.15, 0.2) is 0 Å². The van der Waals surface area contributed by atoms with Crippen molar-refractivity contribution < 1.29 is 4.74 Å². The topological polar surface area (TPSA) is 15.7 Å². The lowest BCUT2D eigenvalue weighted by Gasteiger charge is -2.51. The Bertz CT molecular complexity index is 300. The molecular weight excluding hydrogens is 236 g/mol. The van der Waals surface area contributed by atoms with Crippen LogP contribution in [0.15, 0.2) is 0 Å². The maximum atomic E-state index is 5.53. The summed E-state index contributed by atoms with van der Waals surface area (Å²) < 4.78 is 5.53. The van der Waals surface area contributed by atoms with Gasteiger partial charge in [-0.15, -0.1) is 0 Å². The quantitative estimate of drug-likeness (QED) is 0.763. The third-order valence-corrected chi connectivity index (χ3v) is 5.99. The molecule has 3 heterocycles. The second kappa shape index (κ2) is 5.34. The van der Waals surface area contributed by atoms with E-state index in [0.29, 0.717) is 17.6 Å². The SMILES string of the molecule is CC1OCC1N1CCC2(CCN(C(C)C)CC2)CC1. The van der Waals surface area contributed by atoms with E-state index >= 15 is 0 Å². The van der Waals surface area contributed by atoms with Gasteiger partial charge in [0.05, 0.1) is 18.8 Å². The molecule has 3 heteroatoms. The van der Waals surface area contributed by atoms with E-state index in [9.17, 15) is 0 Å². The zero-order valence-electron chi connectivity index (χ0n) is 12.9. The van der Waals surface area contributed by atoms with E-state index in [4.69, 9.17) is 4.74 Å². The number of piperidine rings is 2. The molecule has 1 spiro atoms. The predicted octanol–water partition coefficient (Wildman–Crippen LogP) is 2.36. The molecule has 0 radical (unpaired) electrons. The van der Waals surface area contributed by atoms with Crippen molar-refractivity contribution in [2.75, 3.05) is 32.8 Å². The lowest BCUT2D eigenvalue weighted by atomic mass is 9.70. The summed E-state index contributed by atoms with van der Waals surface area (Å²) in [5.74, 6) is 0. The Balaban J connectivity index is 1.50. The van der Waals surface area contributed by atoms with Gasteiger partial charge in [-0.2, -0.15) is 0 Å². The summed E-state index contributed by atoms with van der Waals surface area (Å²) in [4.78, 5) is 5.34. The van der Waals surface area contributed by atoms with Crippen molar-refractivity contribution in [1.29, 1.82) is 0 Å². The van der Waals surface area contributed by atoms with E-state index in [2.05, 4.69) is 30.6 Å². The van der Waals surface area contributed by atoms with Crippen LogP contribution in [0.1, 0.15) is 46.5 Å². The smallest absolute Gasteiger partial charge is 0.0725 e. The molecule has 3 saturated heterocycles. The van der Waals surface area contributed by atoms with E-state index in [-0.39, 0.29) is 0 Å². The van der Waals surface area contributed by atoms with Gasteiger partial charge in [-0.25, -0.2) is 0 Å². The molecule has 0 saturated carbocycles. The lowest BCUT2D eigenvalue weighted by molar-refractivity contribution is -0.137. The second-order valence-corrected chi connectivity index (χ2v) is 7.27. The van der Waals surface area contributed by atoms with Crippen molar-refractivity contribution in [3.05, 3.63) is 0 Å². The summed E-state index contributed by atoms with van der Waals surface area (Å²) in [7, 11) is 0. The number of likely N-dealkylation sites (tertiary alicyclic amines) is 2. The van der Waals surface area contributed by atoms with Crippen molar-refractivity contribution in [1.82, 2.24) is 9.80 Å². The van der Waals surface area contributed by atoms with Gasteiger partial charge in [-0.05, 0) is 78.0 Å². The van der Waals surface area contributed by atoms with Crippen molar-refractivity contribution in [2.24, 2.45) is 5.41 Å². The molecule has 0 aromatic heterocycles. The molecule has 3 nitrogen and oxygen atoms in total. The van der Waals surface area contributed by atoms with Crippen LogP contribution in [0.4, 0.5) is 0 Å². The van der Waals surface area contributed by atoms with Crippen LogP contribution in [0.3, 0.4) is 0 Å². The first-order valence-corrected chi connectivity index (χ1v) is 8.19. The molecule has 3 aliphatic heterocycles. The molecule has 0 bridgehead atoms. The number of ether oxygens (including phenoxy) is 1. The van der Waals surface area contributed by atoms with Crippen molar-refractivity contribution in [3.63, 3.8) is 0 Å². The number of hydrogen-bond acceptors (Lipinski definition) is 3. The average Bonchev–Trinajstić information content (AvgIpc) is 2.40. The molecule has 0 amide bonds. The highest BCUT2D eigenvalue weighted by Gasteiger charge is 2.41. The fraction of sp³-hybridized carbons (Fsp3) is 1.00. The van der Waals surface area contributed by atoms with Gasteiger partial charge < -0.3 is 9.64 Å². The number of rotatable bonds is 2. The fourth-order valence-electron chi connectivity index (χ4n) is 4.12. The Morgan fingerprint density at radius 2 is 1.58 bits per heavy atom. The van der Waals surface area contributed by atoms with Gasteiger partial charge in [-0.1, -0.05) is 0 Å². The third-order valence-electron chi connectivity index (χ3n) is 5.99. The fourth-order valence-corrected chi connectivity index (χ4v) is 4.12. The van der Waals surface area contributed by atoms with Gasteiger partial charge in [-0.3, -0.25) is 4.90 Å². The molecule has 3 aliphatic rings. The highest BCUT2D eigenvalue weighted by Crippen LogP contribution is 2.42. The monoisotopic (exact) mass is 266 g/mol. The van der Waals surface area contributed by atoms with Crippen LogP contribution in [-0.4, -0.2) is 60.8 Å². The summed E-state index contributed by atoms with van der Waals surface area (Å²) in [6.45, 7) is 13.1. The Labute approximate surface area is 118 Å². The first-order valence-electron chi connectivity index (χ1n) is 8.19. The minimum atomic E-state index is 0.469. The second-order valence-electron chi connectivity index (χ2n) is 7.27. The highest BCUT2D eigenvalue weighted by molar-refractivity contribution is 4.94. The zero-order valence-corrected chi connectivity index (χ0v) is 12.9. The molecule has 3 rings (SSSR count). The number of nitrogens with zero attached hydrogens (tertiary/aromatic N) is 2. The molecule has 0 aromatic carbocycles. The molecule has 3 fully saturated rings. The van der Waals surface area contributed by atoms with Crippen LogP contribution < -0.4 is 0 Å². The summed E-state index contributed by atoms with van der Waals surface area (Å²) in [6, 6.07) is 1.44. The van der Waals surface area contributed by atoms with Crippen LogP contribution in [0, 0.1) is 5.41 Å². The van der Waals surface area contributed by atoms with E-state index in [1.807, 2.05) is 0 Å². The third kappa shape index (κ3) is 2.70. The largest absolute Gasteiger partial charge is 0.375 e. The Morgan fingerprint density at radius 3 is 2.00 bits per heavy atom. The Morgan fingerprint density at radius 1 is 1.00 bits per heavy atom. The minimum Gasteiger partial charge on any atom is -0.375 e. The zero-order chi connectivity index (χ0) is 13.5. The van der Waals surface area contributed by atoms with Gasteiger partial charge in [0.25, 0.3) is 0 Å². The maximum Gasteiger partial charge on any atom is 0.0725 e. The molecule has 110 valence electrons. The van der Waals surface area contributed by atoms with Gasteiger partial charge >= 0.3 is 0 Å². The number of hydrogen-bond donors (Lipinski definition) is 0. The van der Waals surface area contributed by atoms with Crippen LogP contribution in [0.25, 0.3) is 0 Å². The average molecular weight is 266 g/mol. The lowest BCUT2D eigenvalue weighted by Crippen LogP contribution is -2.58. The summed E-state index contributed by atoms with van der Waals surface area (Å²) in [5.41, 5.74) is 0.676. The van der Waals surface area contributed by atoms with Crippen LogP contribution in [-0.2, 0) is 4.74 Å². The normalized spacial score (nSPS) is 36.6. The molecule has 0 aromatic rings. The molecule has 2 unspecified atom stereocenters. The predicted molar refractivity (Wildman–Crippen MR) is 78.4 cm³/mol. The molecule has 0 aliphatic carbocycles. The van der Waals surface area contributed by atoms with E-state index in [1.165, 1.54) is 51.9 Å². The molecule has 0 N–H and O–H groups in total. The Hall–Kier alpha value is -0.120. The summed E-state index contributed by atoms with van der Waals surface area (Å²) in [5, 5.41) is 0. The standard InChI is InChI=1S/C16H30N2O/c1-13(2)17-8-4-16(5-9-17)6-10-18(11-7-16)15-12-19-14(15)3/h13-15H,4-12H2,1-3H3. The van der Waals surface area contributed by atoms with Crippen LogP contribution >= 0.6 is 0 Å². The highest BCUT2D eigenvalue weighted by atomic mass is 16.5. The van der Waals surface area contributed by atoms with Crippen molar-refractivity contribution >= 4 is 0 Å². The van der Waals surface area contributed by atoms with Crippen LogP contribution in [0.5, 0.6) is 0 Å². The first-order chi connectivity index (χ1) is 9.10. The molecule has 19 heavy (non-hydrogen) atoms. The van der Waals surface area contributed by atoms with E-state index in [0.717, 1.165) is 12.6 Å². The summed E-state index contributed by atoms with van der Waals surface area (Å²) >= 11 is 0. The Kier molecular flexibility index (Phi) is 3.89. The van der Waals surface area contributed by atoms with E-state index < -0.39 is 0 Å². The van der Waals surface area contributed by atoms with E-state index in [1.54, 1.807) is 0 Å². The van der Waals surface area contributed by atoms with Gasteiger partial charge in [0, 0.05) is 6.04 Å².